The summed E-state index contributed by atoms with van der Waals surface area (Å²) in [5.41, 5.74) is 0.542. The van der Waals surface area contributed by atoms with Crippen LogP contribution in [0.1, 0.15) is 25.8 Å². The van der Waals surface area contributed by atoms with Gasteiger partial charge in [-0.1, -0.05) is 13.0 Å². The summed E-state index contributed by atoms with van der Waals surface area (Å²) in [5.74, 6) is -0.123. The molecule has 0 bridgehead atoms. The molecule has 1 amide bonds. The van der Waals surface area contributed by atoms with Gasteiger partial charge >= 0.3 is 0 Å². The number of aromatic nitrogens is 1. The smallest absolute Gasteiger partial charge is 0.253 e. The SMILES string of the molecule is CCC(C)NC(=O)Cn1cccc(C)c1=O. The van der Waals surface area contributed by atoms with Gasteiger partial charge in [-0.15, -0.1) is 0 Å². The molecule has 1 atom stereocenters. The first-order chi connectivity index (χ1) is 7.54. The molecule has 0 radical (unpaired) electrons. The molecule has 1 heterocycles. The molecule has 1 rings (SSSR count). The lowest BCUT2D eigenvalue weighted by Gasteiger charge is -2.12. The number of nitrogens with zero attached hydrogens (tertiary/aromatic N) is 1. The number of carbonyl (C=O) groups is 1. The van der Waals surface area contributed by atoms with E-state index in [0.717, 1.165) is 6.42 Å². The highest BCUT2D eigenvalue weighted by Gasteiger charge is 2.07. The van der Waals surface area contributed by atoms with E-state index in [-0.39, 0.29) is 24.1 Å². The van der Waals surface area contributed by atoms with Crippen molar-refractivity contribution in [1.82, 2.24) is 9.88 Å². The maximum Gasteiger partial charge on any atom is 0.253 e. The summed E-state index contributed by atoms with van der Waals surface area (Å²) in [5, 5.41) is 2.83. The van der Waals surface area contributed by atoms with Gasteiger partial charge in [0.25, 0.3) is 5.56 Å². The van der Waals surface area contributed by atoms with E-state index in [1.165, 1.54) is 4.57 Å². The van der Waals surface area contributed by atoms with Crippen LogP contribution in [0.25, 0.3) is 0 Å². The van der Waals surface area contributed by atoms with Crippen LogP contribution in [0.3, 0.4) is 0 Å². The van der Waals surface area contributed by atoms with E-state index in [9.17, 15) is 9.59 Å². The molecule has 0 aliphatic rings. The molecule has 0 saturated heterocycles. The van der Waals surface area contributed by atoms with E-state index in [4.69, 9.17) is 0 Å². The van der Waals surface area contributed by atoms with Crippen LogP contribution in [0.5, 0.6) is 0 Å². The van der Waals surface area contributed by atoms with Gasteiger partial charge in [-0.3, -0.25) is 9.59 Å². The summed E-state index contributed by atoms with van der Waals surface area (Å²) in [6, 6.07) is 3.66. The van der Waals surface area contributed by atoms with E-state index in [1.54, 1.807) is 25.3 Å². The average Bonchev–Trinajstić information content (AvgIpc) is 2.24. The second-order valence-corrected chi connectivity index (χ2v) is 4.00. The number of hydrogen-bond donors (Lipinski definition) is 1. The molecule has 0 aromatic carbocycles. The lowest BCUT2D eigenvalue weighted by Crippen LogP contribution is -2.37. The highest BCUT2D eigenvalue weighted by Crippen LogP contribution is 1.91. The normalized spacial score (nSPS) is 12.2. The minimum Gasteiger partial charge on any atom is -0.352 e. The Hall–Kier alpha value is -1.58. The average molecular weight is 222 g/mol. The molecule has 4 heteroatoms. The van der Waals surface area contributed by atoms with E-state index in [0.29, 0.717) is 5.56 Å². The quantitative estimate of drug-likeness (QED) is 0.828. The van der Waals surface area contributed by atoms with Crippen LogP contribution in [-0.4, -0.2) is 16.5 Å². The highest BCUT2D eigenvalue weighted by atomic mass is 16.2. The van der Waals surface area contributed by atoms with Crippen molar-refractivity contribution in [3.63, 3.8) is 0 Å². The number of nitrogens with one attached hydrogen (secondary N) is 1. The van der Waals surface area contributed by atoms with E-state index in [1.807, 2.05) is 13.8 Å². The zero-order chi connectivity index (χ0) is 12.1. The summed E-state index contributed by atoms with van der Waals surface area (Å²) in [6.45, 7) is 5.77. The Labute approximate surface area is 95.3 Å². The van der Waals surface area contributed by atoms with Crippen molar-refractivity contribution in [2.75, 3.05) is 0 Å². The summed E-state index contributed by atoms with van der Waals surface area (Å²) >= 11 is 0. The second-order valence-electron chi connectivity index (χ2n) is 4.00. The first-order valence-electron chi connectivity index (χ1n) is 5.50. The standard InChI is InChI=1S/C12H18N2O2/c1-4-10(3)13-11(15)8-14-7-5-6-9(2)12(14)16/h5-7,10H,4,8H2,1-3H3,(H,13,15). The van der Waals surface area contributed by atoms with Gasteiger partial charge in [0, 0.05) is 17.8 Å². The van der Waals surface area contributed by atoms with E-state index in [2.05, 4.69) is 5.32 Å². The Kier molecular flexibility index (Phi) is 4.28. The van der Waals surface area contributed by atoms with Gasteiger partial charge in [0.15, 0.2) is 0 Å². The van der Waals surface area contributed by atoms with Crippen LogP contribution < -0.4 is 10.9 Å². The third-order valence-electron chi connectivity index (χ3n) is 2.54. The monoisotopic (exact) mass is 222 g/mol. The van der Waals surface area contributed by atoms with Gasteiger partial charge in [0.05, 0.1) is 0 Å². The Balaban J connectivity index is 2.70. The van der Waals surface area contributed by atoms with E-state index < -0.39 is 0 Å². The zero-order valence-corrected chi connectivity index (χ0v) is 9.99. The fourth-order valence-electron chi connectivity index (χ4n) is 1.36. The Morgan fingerprint density at radius 2 is 2.25 bits per heavy atom. The molecule has 1 unspecified atom stereocenters. The van der Waals surface area contributed by atoms with Gasteiger partial charge in [-0.25, -0.2) is 0 Å². The highest BCUT2D eigenvalue weighted by molar-refractivity contribution is 5.75. The fourth-order valence-corrected chi connectivity index (χ4v) is 1.36. The lowest BCUT2D eigenvalue weighted by atomic mass is 10.2. The number of aryl methyl sites for hydroxylation is 1. The van der Waals surface area contributed by atoms with E-state index >= 15 is 0 Å². The molecule has 0 saturated carbocycles. The number of pyridine rings is 1. The minimum absolute atomic E-state index is 0.0881. The maximum absolute atomic E-state index is 11.6. The topological polar surface area (TPSA) is 51.1 Å². The number of carbonyl (C=O) groups excluding carboxylic acids is 1. The molecule has 1 N–H and O–H groups in total. The van der Waals surface area contributed by atoms with Crippen molar-refractivity contribution >= 4 is 5.91 Å². The molecular weight excluding hydrogens is 204 g/mol. The summed E-state index contributed by atoms with van der Waals surface area (Å²) in [4.78, 5) is 23.2. The van der Waals surface area contributed by atoms with Crippen LogP contribution in [0.15, 0.2) is 23.1 Å². The summed E-state index contributed by atoms with van der Waals surface area (Å²) in [7, 11) is 0. The molecule has 16 heavy (non-hydrogen) atoms. The summed E-state index contributed by atoms with van der Waals surface area (Å²) in [6.07, 6.45) is 2.51. The molecular formula is C12H18N2O2. The van der Waals surface area contributed by atoms with Crippen LogP contribution in [0.2, 0.25) is 0 Å². The molecule has 0 aliphatic heterocycles. The van der Waals surface area contributed by atoms with Gasteiger partial charge < -0.3 is 9.88 Å². The van der Waals surface area contributed by atoms with Crippen molar-refractivity contribution < 1.29 is 4.79 Å². The molecule has 0 aliphatic carbocycles. The molecule has 1 aromatic heterocycles. The van der Waals surface area contributed by atoms with Crippen LogP contribution in [-0.2, 0) is 11.3 Å². The van der Waals surface area contributed by atoms with Gasteiger partial charge in [-0.05, 0) is 26.3 Å². The van der Waals surface area contributed by atoms with Gasteiger partial charge in [-0.2, -0.15) is 0 Å². The number of rotatable bonds is 4. The predicted octanol–water partition coefficient (Wildman–Crippen LogP) is 1.07. The molecule has 4 nitrogen and oxygen atoms in total. The predicted molar refractivity (Wildman–Crippen MR) is 63.3 cm³/mol. The fraction of sp³-hybridized carbons (Fsp3) is 0.500. The van der Waals surface area contributed by atoms with Crippen molar-refractivity contribution in [1.29, 1.82) is 0 Å². The van der Waals surface area contributed by atoms with Gasteiger partial charge in [0.2, 0.25) is 5.91 Å². The lowest BCUT2D eigenvalue weighted by molar-refractivity contribution is -0.122. The molecule has 1 aromatic rings. The third kappa shape index (κ3) is 3.22. The largest absolute Gasteiger partial charge is 0.352 e. The molecule has 88 valence electrons. The third-order valence-corrected chi connectivity index (χ3v) is 2.54. The second kappa shape index (κ2) is 5.49. The number of amides is 1. The van der Waals surface area contributed by atoms with Crippen LogP contribution in [0.4, 0.5) is 0 Å². The van der Waals surface area contributed by atoms with Crippen molar-refractivity contribution in [3.05, 3.63) is 34.2 Å². The maximum atomic E-state index is 11.6. The first kappa shape index (κ1) is 12.5. The zero-order valence-electron chi connectivity index (χ0n) is 9.99. The Morgan fingerprint density at radius 3 is 2.88 bits per heavy atom. The Bertz CT molecular complexity index is 423. The van der Waals surface area contributed by atoms with Crippen molar-refractivity contribution in [3.8, 4) is 0 Å². The molecule has 0 fully saturated rings. The molecule has 0 spiro atoms. The van der Waals surface area contributed by atoms with Gasteiger partial charge in [0.1, 0.15) is 6.54 Å². The van der Waals surface area contributed by atoms with Crippen molar-refractivity contribution in [2.45, 2.75) is 39.8 Å². The van der Waals surface area contributed by atoms with Crippen LogP contribution >= 0.6 is 0 Å². The first-order valence-corrected chi connectivity index (χ1v) is 5.50. The number of hydrogen-bond acceptors (Lipinski definition) is 2. The van der Waals surface area contributed by atoms with Crippen LogP contribution in [0, 0.1) is 6.92 Å². The Morgan fingerprint density at radius 1 is 1.56 bits per heavy atom. The summed E-state index contributed by atoms with van der Waals surface area (Å²) < 4.78 is 1.42. The van der Waals surface area contributed by atoms with Crippen molar-refractivity contribution in [2.24, 2.45) is 0 Å². The minimum atomic E-state index is -0.123.